The SMILES string of the molecule is COc1ccc(C(=O)OCC2CCCCO2)cc1OC. The second-order valence-electron chi connectivity index (χ2n) is 4.66. The van der Waals surface area contributed by atoms with Crippen LogP contribution in [0.2, 0.25) is 0 Å². The van der Waals surface area contributed by atoms with Crippen molar-refractivity contribution in [2.45, 2.75) is 25.4 Å². The minimum Gasteiger partial charge on any atom is -0.493 e. The number of esters is 1. The quantitative estimate of drug-likeness (QED) is 0.775. The van der Waals surface area contributed by atoms with Gasteiger partial charge in [0.25, 0.3) is 0 Å². The van der Waals surface area contributed by atoms with Gasteiger partial charge in [0.05, 0.1) is 25.9 Å². The number of methoxy groups -OCH3 is 2. The number of carbonyl (C=O) groups excluding carboxylic acids is 1. The maximum Gasteiger partial charge on any atom is 0.338 e. The van der Waals surface area contributed by atoms with Crippen LogP contribution in [0.1, 0.15) is 29.6 Å². The zero-order chi connectivity index (χ0) is 14.4. The van der Waals surface area contributed by atoms with Crippen LogP contribution in [-0.4, -0.2) is 39.5 Å². The molecule has 0 saturated carbocycles. The molecule has 1 unspecified atom stereocenters. The van der Waals surface area contributed by atoms with Gasteiger partial charge in [0.1, 0.15) is 6.61 Å². The van der Waals surface area contributed by atoms with Gasteiger partial charge in [-0.1, -0.05) is 0 Å². The van der Waals surface area contributed by atoms with Crippen molar-refractivity contribution < 1.29 is 23.7 Å². The molecule has 0 bridgehead atoms. The number of hydrogen-bond donors (Lipinski definition) is 0. The third-order valence-electron chi connectivity index (χ3n) is 3.29. The molecule has 5 nitrogen and oxygen atoms in total. The molecule has 1 fully saturated rings. The van der Waals surface area contributed by atoms with Crippen LogP contribution in [-0.2, 0) is 9.47 Å². The van der Waals surface area contributed by atoms with Crippen molar-refractivity contribution in [3.8, 4) is 11.5 Å². The van der Waals surface area contributed by atoms with Crippen LogP contribution in [0, 0.1) is 0 Å². The van der Waals surface area contributed by atoms with Crippen molar-refractivity contribution in [2.24, 2.45) is 0 Å². The molecule has 2 rings (SSSR count). The molecule has 1 aromatic rings. The first-order valence-corrected chi connectivity index (χ1v) is 6.75. The van der Waals surface area contributed by atoms with Crippen LogP contribution in [0.4, 0.5) is 0 Å². The Labute approximate surface area is 118 Å². The molecule has 110 valence electrons. The van der Waals surface area contributed by atoms with E-state index in [1.807, 2.05) is 0 Å². The summed E-state index contributed by atoms with van der Waals surface area (Å²) in [6, 6.07) is 4.96. The molecular weight excluding hydrogens is 260 g/mol. The van der Waals surface area contributed by atoms with Crippen LogP contribution in [0.3, 0.4) is 0 Å². The molecule has 1 atom stereocenters. The van der Waals surface area contributed by atoms with Gasteiger partial charge in [0.2, 0.25) is 0 Å². The minimum absolute atomic E-state index is 0.0212. The van der Waals surface area contributed by atoms with Gasteiger partial charge in [-0.25, -0.2) is 4.79 Å². The fourth-order valence-corrected chi connectivity index (χ4v) is 2.15. The van der Waals surface area contributed by atoms with E-state index in [-0.39, 0.29) is 12.1 Å². The minimum atomic E-state index is -0.375. The van der Waals surface area contributed by atoms with E-state index in [4.69, 9.17) is 18.9 Å². The number of benzene rings is 1. The maximum atomic E-state index is 12.0. The average molecular weight is 280 g/mol. The Hall–Kier alpha value is -1.75. The molecule has 0 aromatic heterocycles. The summed E-state index contributed by atoms with van der Waals surface area (Å²) in [4.78, 5) is 12.0. The third-order valence-corrected chi connectivity index (χ3v) is 3.29. The zero-order valence-electron chi connectivity index (χ0n) is 11.9. The molecule has 1 saturated heterocycles. The van der Waals surface area contributed by atoms with Crippen molar-refractivity contribution in [2.75, 3.05) is 27.4 Å². The molecule has 0 amide bonds. The summed E-state index contributed by atoms with van der Waals surface area (Å²) in [5, 5.41) is 0. The summed E-state index contributed by atoms with van der Waals surface area (Å²) in [5.41, 5.74) is 0.443. The molecule has 1 aliphatic heterocycles. The Balaban J connectivity index is 1.94. The smallest absolute Gasteiger partial charge is 0.338 e. The van der Waals surface area contributed by atoms with Gasteiger partial charge in [-0.3, -0.25) is 0 Å². The van der Waals surface area contributed by atoms with E-state index >= 15 is 0 Å². The molecule has 1 heterocycles. The Morgan fingerprint density at radius 2 is 2.05 bits per heavy atom. The number of hydrogen-bond acceptors (Lipinski definition) is 5. The molecule has 1 aromatic carbocycles. The summed E-state index contributed by atoms with van der Waals surface area (Å²) >= 11 is 0. The number of ether oxygens (including phenoxy) is 4. The number of rotatable bonds is 5. The molecule has 20 heavy (non-hydrogen) atoms. The van der Waals surface area contributed by atoms with Crippen molar-refractivity contribution >= 4 is 5.97 Å². The second-order valence-corrected chi connectivity index (χ2v) is 4.66. The molecule has 0 N–H and O–H groups in total. The Morgan fingerprint density at radius 3 is 2.70 bits per heavy atom. The Morgan fingerprint density at radius 1 is 1.25 bits per heavy atom. The van der Waals surface area contributed by atoms with Crippen molar-refractivity contribution in [3.05, 3.63) is 23.8 Å². The number of carbonyl (C=O) groups is 1. The van der Waals surface area contributed by atoms with Gasteiger partial charge in [-0.05, 0) is 37.5 Å². The van der Waals surface area contributed by atoms with Crippen molar-refractivity contribution in [3.63, 3.8) is 0 Å². The summed E-state index contributed by atoms with van der Waals surface area (Å²) in [5.74, 6) is 0.718. The fraction of sp³-hybridized carbons (Fsp3) is 0.533. The molecular formula is C15H20O5. The summed E-state index contributed by atoms with van der Waals surface area (Å²) in [6.45, 7) is 1.05. The normalized spacial score (nSPS) is 18.4. The van der Waals surface area contributed by atoms with E-state index in [0.717, 1.165) is 25.9 Å². The van der Waals surface area contributed by atoms with Gasteiger partial charge < -0.3 is 18.9 Å². The lowest BCUT2D eigenvalue weighted by Crippen LogP contribution is -2.25. The van der Waals surface area contributed by atoms with Crippen LogP contribution in [0.25, 0.3) is 0 Å². The topological polar surface area (TPSA) is 54.0 Å². The predicted molar refractivity (Wildman–Crippen MR) is 73.4 cm³/mol. The molecule has 0 aliphatic carbocycles. The lowest BCUT2D eigenvalue weighted by Gasteiger charge is -2.22. The lowest BCUT2D eigenvalue weighted by molar-refractivity contribution is -0.0300. The first kappa shape index (κ1) is 14.7. The van der Waals surface area contributed by atoms with Gasteiger partial charge in [-0.15, -0.1) is 0 Å². The maximum absolute atomic E-state index is 12.0. The predicted octanol–water partition coefficient (Wildman–Crippen LogP) is 2.43. The molecule has 0 radical (unpaired) electrons. The first-order valence-electron chi connectivity index (χ1n) is 6.75. The zero-order valence-corrected chi connectivity index (χ0v) is 11.9. The standard InChI is InChI=1S/C15H20O5/c1-17-13-7-6-11(9-14(13)18-2)15(16)20-10-12-5-3-4-8-19-12/h6-7,9,12H,3-5,8,10H2,1-2H3. The average Bonchev–Trinajstić information content (AvgIpc) is 2.52. The second kappa shape index (κ2) is 7.14. The largest absolute Gasteiger partial charge is 0.493 e. The van der Waals surface area contributed by atoms with Crippen LogP contribution >= 0.6 is 0 Å². The molecule has 0 spiro atoms. The van der Waals surface area contributed by atoms with Gasteiger partial charge >= 0.3 is 5.97 Å². The van der Waals surface area contributed by atoms with Gasteiger partial charge in [-0.2, -0.15) is 0 Å². The first-order chi connectivity index (χ1) is 9.74. The highest BCUT2D eigenvalue weighted by atomic mass is 16.6. The third kappa shape index (κ3) is 3.63. The van der Waals surface area contributed by atoms with Crippen molar-refractivity contribution in [1.82, 2.24) is 0 Å². The van der Waals surface area contributed by atoms with E-state index in [2.05, 4.69) is 0 Å². The van der Waals surface area contributed by atoms with E-state index in [0.29, 0.717) is 23.7 Å². The monoisotopic (exact) mass is 280 g/mol. The summed E-state index contributed by atoms with van der Waals surface area (Å²) in [6.07, 6.45) is 3.17. The van der Waals surface area contributed by atoms with Crippen LogP contribution in [0.5, 0.6) is 11.5 Å². The van der Waals surface area contributed by atoms with E-state index in [1.54, 1.807) is 25.3 Å². The van der Waals surface area contributed by atoms with Gasteiger partial charge in [0.15, 0.2) is 11.5 Å². The Kier molecular flexibility index (Phi) is 5.24. The van der Waals surface area contributed by atoms with Crippen LogP contribution in [0.15, 0.2) is 18.2 Å². The van der Waals surface area contributed by atoms with E-state index in [1.165, 1.54) is 7.11 Å². The lowest BCUT2D eigenvalue weighted by atomic mass is 10.1. The molecule has 1 aliphatic rings. The summed E-state index contributed by atoms with van der Waals surface area (Å²) < 4.78 is 21.1. The summed E-state index contributed by atoms with van der Waals surface area (Å²) in [7, 11) is 3.08. The highest BCUT2D eigenvalue weighted by Crippen LogP contribution is 2.27. The highest BCUT2D eigenvalue weighted by Gasteiger charge is 2.17. The van der Waals surface area contributed by atoms with Crippen molar-refractivity contribution in [1.29, 1.82) is 0 Å². The van der Waals surface area contributed by atoms with E-state index < -0.39 is 0 Å². The molecule has 5 heteroatoms. The Bertz CT molecular complexity index is 452. The van der Waals surface area contributed by atoms with Crippen LogP contribution < -0.4 is 9.47 Å². The van der Waals surface area contributed by atoms with Gasteiger partial charge in [0, 0.05) is 6.61 Å². The van der Waals surface area contributed by atoms with E-state index in [9.17, 15) is 4.79 Å². The highest BCUT2D eigenvalue weighted by molar-refractivity contribution is 5.90. The fourth-order valence-electron chi connectivity index (χ4n) is 2.15.